The van der Waals surface area contributed by atoms with Crippen molar-refractivity contribution in [3.8, 4) is 0 Å². The molecule has 2 heterocycles. The number of nitrogens with zero attached hydrogens (tertiary/aromatic N) is 1. The largest absolute Gasteiger partial charge is 0.416 e. The summed E-state index contributed by atoms with van der Waals surface area (Å²) >= 11 is 0. The van der Waals surface area contributed by atoms with E-state index in [-0.39, 0.29) is 29.9 Å². The number of hydrogen-bond donors (Lipinski definition) is 2. The zero-order chi connectivity index (χ0) is 25.0. The van der Waals surface area contributed by atoms with E-state index in [1.807, 2.05) is 26.2 Å². The van der Waals surface area contributed by atoms with Crippen molar-refractivity contribution in [3.63, 3.8) is 0 Å². The summed E-state index contributed by atoms with van der Waals surface area (Å²) in [4.78, 5) is 14.4. The third-order valence-corrected chi connectivity index (χ3v) is 7.28. The Balaban J connectivity index is 1.45. The fraction of sp³-hybridized carbons (Fsp3) is 0.593. The molecule has 0 aromatic heterocycles. The molecular formula is C27H36F3N3O2. The van der Waals surface area contributed by atoms with E-state index in [1.54, 1.807) is 0 Å². The minimum atomic E-state index is -4.41. The SMILES string of the molecule is CN(C)CCCCC(=O)NC[C@H]1CC[C@@H]2[C@H](O1)c1cc(C(F)(F)F)ccc1N[C@H]2C1C=CC=CC1. The maximum atomic E-state index is 13.5. The van der Waals surface area contributed by atoms with E-state index in [2.05, 4.69) is 27.7 Å². The molecule has 8 heteroatoms. The number of halogens is 3. The lowest BCUT2D eigenvalue weighted by atomic mass is 9.73. The summed E-state index contributed by atoms with van der Waals surface area (Å²) in [7, 11) is 4.02. The van der Waals surface area contributed by atoms with Crippen molar-refractivity contribution in [2.24, 2.45) is 11.8 Å². The highest BCUT2D eigenvalue weighted by atomic mass is 19.4. The molecule has 5 atom stereocenters. The number of rotatable bonds is 8. The lowest BCUT2D eigenvalue weighted by molar-refractivity contribution is -0.138. The number of alkyl halides is 3. The third-order valence-electron chi connectivity index (χ3n) is 7.28. The van der Waals surface area contributed by atoms with Gasteiger partial charge in [0.15, 0.2) is 0 Å². The van der Waals surface area contributed by atoms with Gasteiger partial charge in [0.05, 0.1) is 17.8 Å². The minimum absolute atomic E-state index is 0.00319. The van der Waals surface area contributed by atoms with Gasteiger partial charge in [-0.1, -0.05) is 24.3 Å². The van der Waals surface area contributed by atoms with Gasteiger partial charge in [-0.3, -0.25) is 4.79 Å². The van der Waals surface area contributed by atoms with Gasteiger partial charge in [-0.05, 0) is 70.9 Å². The Hall–Kier alpha value is -2.32. The van der Waals surface area contributed by atoms with Crippen LogP contribution in [0.4, 0.5) is 18.9 Å². The average Bonchev–Trinajstić information content (AvgIpc) is 2.84. The summed E-state index contributed by atoms with van der Waals surface area (Å²) in [5.41, 5.74) is 0.612. The van der Waals surface area contributed by atoms with Crippen LogP contribution in [0.15, 0.2) is 42.5 Å². The number of hydrogen-bond acceptors (Lipinski definition) is 4. The lowest BCUT2D eigenvalue weighted by Gasteiger charge is -2.47. The molecule has 5 nitrogen and oxygen atoms in total. The zero-order valence-corrected chi connectivity index (χ0v) is 20.5. The van der Waals surface area contributed by atoms with Crippen molar-refractivity contribution in [1.29, 1.82) is 0 Å². The van der Waals surface area contributed by atoms with Crippen LogP contribution in [0.2, 0.25) is 0 Å². The molecule has 3 aliphatic rings. The zero-order valence-electron chi connectivity index (χ0n) is 20.5. The van der Waals surface area contributed by atoms with E-state index < -0.39 is 17.8 Å². The van der Waals surface area contributed by atoms with Crippen LogP contribution in [-0.4, -0.2) is 50.1 Å². The second-order valence-corrected chi connectivity index (χ2v) is 10.2. The predicted molar refractivity (Wildman–Crippen MR) is 131 cm³/mol. The van der Waals surface area contributed by atoms with Crippen molar-refractivity contribution >= 4 is 11.6 Å². The van der Waals surface area contributed by atoms with Gasteiger partial charge < -0.3 is 20.3 Å². The summed E-state index contributed by atoms with van der Waals surface area (Å²) in [6.45, 7) is 1.33. The predicted octanol–water partition coefficient (Wildman–Crippen LogP) is 5.32. The van der Waals surface area contributed by atoms with E-state index in [4.69, 9.17) is 4.74 Å². The van der Waals surface area contributed by atoms with Gasteiger partial charge in [0, 0.05) is 42.1 Å². The van der Waals surface area contributed by atoms with E-state index in [9.17, 15) is 18.0 Å². The maximum Gasteiger partial charge on any atom is 0.416 e. The summed E-state index contributed by atoms with van der Waals surface area (Å²) in [5, 5.41) is 6.52. The Kier molecular flexibility index (Phi) is 8.22. The number of carbonyl (C=O) groups is 1. The number of carbonyl (C=O) groups excluding carboxylic acids is 1. The number of unbranched alkanes of at least 4 members (excludes halogenated alkanes) is 1. The Morgan fingerprint density at radius 2 is 2.03 bits per heavy atom. The molecule has 0 spiro atoms. The molecule has 0 radical (unpaired) electrons. The van der Waals surface area contributed by atoms with Crippen LogP contribution in [0.1, 0.15) is 55.8 Å². The normalized spacial score (nSPS) is 27.8. The van der Waals surface area contributed by atoms with Crippen LogP contribution in [0.25, 0.3) is 0 Å². The van der Waals surface area contributed by atoms with Crippen molar-refractivity contribution in [1.82, 2.24) is 10.2 Å². The smallest absolute Gasteiger partial charge is 0.381 e. The van der Waals surface area contributed by atoms with Crippen molar-refractivity contribution in [2.75, 3.05) is 32.5 Å². The first kappa shape index (κ1) is 25.8. The summed E-state index contributed by atoms with van der Waals surface area (Å²) < 4.78 is 46.9. The highest BCUT2D eigenvalue weighted by Gasteiger charge is 2.45. The van der Waals surface area contributed by atoms with Crippen LogP contribution in [-0.2, 0) is 15.7 Å². The van der Waals surface area contributed by atoms with Gasteiger partial charge in [0.2, 0.25) is 5.91 Å². The fourth-order valence-electron chi connectivity index (χ4n) is 5.44. The average molecular weight is 492 g/mol. The van der Waals surface area contributed by atoms with Gasteiger partial charge in [-0.25, -0.2) is 0 Å². The Bertz CT molecular complexity index is 944. The van der Waals surface area contributed by atoms with Crippen LogP contribution >= 0.6 is 0 Å². The molecule has 1 unspecified atom stereocenters. The first-order valence-electron chi connectivity index (χ1n) is 12.6. The van der Waals surface area contributed by atoms with Crippen LogP contribution in [0, 0.1) is 11.8 Å². The molecule has 2 aliphatic heterocycles. The number of amides is 1. The van der Waals surface area contributed by atoms with Gasteiger partial charge in [-0.15, -0.1) is 0 Å². The summed E-state index contributed by atoms with van der Waals surface area (Å²) in [6.07, 6.45) is 8.04. The van der Waals surface area contributed by atoms with E-state index in [1.165, 1.54) is 12.1 Å². The molecule has 1 aromatic rings. The molecule has 2 N–H and O–H groups in total. The minimum Gasteiger partial charge on any atom is -0.381 e. The highest BCUT2D eigenvalue weighted by Crippen LogP contribution is 2.49. The molecule has 1 fully saturated rings. The molecule has 192 valence electrons. The molecule has 1 saturated heterocycles. The van der Waals surface area contributed by atoms with E-state index in [0.717, 1.165) is 44.7 Å². The molecular weight excluding hydrogens is 455 g/mol. The van der Waals surface area contributed by atoms with E-state index >= 15 is 0 Å². The van der Waals surface area contributed by atoms with Gasteiger partial charge >= 0.3 is 6.18 Å². The molecule has 1 aliphatic carbocycles. The van der Waals surface area contributed by atoms with Crippen LogP contribution < -0.4 is 10.6 Å². The second kappa shape index (κ2) is 11.2. The Morgan fingerprint density at radius 1 is 1.20 bits per heavy atom. The van der Waals surface area contributed by atoms with Gasteiger partial charge in [-0.2, -0.15) is 13.2 Å². The third kappa shape index (κ3) is 6.47. The van der Waals surface area contributed by atoms with Crippen molar-refractivity contribution in [2.45, 2.75) is 63.0 Å². The number of allylic oxidation sites excluding steroid dienone is 3. The molecule has 0 bridgehead atoms. The number of nitrogens with one attached hydrogen (secondary N) is 2. The van der Waals surface area contributed by atoms with Gasteiger partial charge in [0.1, 0.15) is 0 Å². The standard InChI is InChI=1S/C27H36F3N3O2/c1-33(2)15-7-6-10-24(34)31-17-20-12-13-21-25(18-8-4-3-5-9-18)32-23-14-11-19(27(28,29)30)16-22(23)26(21)35-20/h3-5,8,11,14,16,18,20-21,25-26,32H,6-7,9-10,12-13,15,17H2,1-2H3,(H,31,34)/t18?,20-,21+,25+,26+/m1/s1. The Morgan fingerprint density at radius 3 is 2.74 bits per heavy atom. The number of anilines is 1. The second-order valence-electron chi connectivity index (χ2n) is 10.2. The van der Waals surface area contributed by atoms with E-state index in [0.29, 0.717) is 24.2 Å². The topological polar surface area (TPSA) is 53.6 Å². The van der Waals surface area contributed by atoms with Crippen LogP contribution in [0.3, 0.4) is 0 Å². The van der Waals surface area contributed by atoms with Crippen LogP contribution in [0.5, 0.6) is 0 Å². The van der Waals surface area contributed by atoms with Gasteiger partial charge in [0.25, 0.3) is 0 Å². The molecule has 4 rings (SSSR count). The van der Waals surface area contributed by atoms with Crippen molar-refractivity contribution < 1.29 is 22.7 Å². The first-order chi connectivity index (χ1) is 16.7. The quantitative estimate of drug-likeness (QED) is 0.484. The molecule has 0 saturated carbocycles. The number of ether oxygens (including phenoxy) is 1. The first-order valence-corrected chi connectivity index (χ1v) is 12.6. The lowest BCUT2D eigenvalue weighted by Crippen LogP contribution is -2.48. The summed E-state index contributed by atoms with van der Waals surface area (Å²) in [5.74, 6) is 0.312. The molecule has 35 heavy (non-hydrogen) atoms. The molecule has 1 aromatic carbocycles. The number of fused-ring (bicyclic) bond motifs is 3. The highest BCUT2D eigenvalue weighted by molar-refractivity contribution is 5.75. The fourth-order valence-corrected chi connectivity index (χ4v) is 5.44. The number of benzene rings is 1. The maximum absolute atomic E-state index is 13.5. The summed E-state index contributed by atoms with van der Waals surface area (Å²) in [6, 6.07) is 3.99. The van der Waals surface area contributed by atoms with Crippen molar-refractivity contribution in [3.05, 3.63) is 53.6 Å². The molecule has 1 amide bonds. The Labute approximate surface area is 205 Å². The monoisotopic (exact) mass is 491 g/mol.